The molecule has 94 valence electrons. The van der Waals surface area contributed by atoms with Gasteiger partial charge in [0.05, 0.1) is 13.2 Å². The fourth-order valence-corrected chi connectivity index (χ4v) is 1.74. The van der Waals surface area contributed by atoms with Crippen LogP contribution >= 0.6 is 0 Å². The van der Waals surface area contributed by atoms with Gasteiger partial charge in [-0.3, -0.25) is 0 Å². The van der Waals surface area contributed by atoms with Crippen LogP contribution in [-0.2, 0) is 15.9 Å². The van der Waals surface area contributed by atoms with Crippen molar-refractivity contribution in [1.29, 1.82) is 0 Å². The highest BCUT2D eigenvalue weighted by Gasteiger charge is 2.25. The maximum atomic E-state index is 13.4. The molecule has 0 N–H and O–H groups in total. The lowest BCUT2D eigenvalue weighted by Gasteiger charge is -2.15. The Morgan fingerprint density at radius 2 is 1.82 bits per heavy atom. The first-order chi connectivity index (χ1) is 8.08. The minimum atomic E-state index is -2.71. The van der Waals surface area contributed by atoms with E-state index >= 15 is 0 Å². The second kappa shape index (κ2) is 5.01. The van der Waals surface area contributed by atoms with Gasteiger partial charge >= 0.3 is 0 Å². The van der Waals surface area contributed by atoms with E-state index in [2.05, 4.69) is 0 Å². The second-order valence-electron chi connectivity index (χ2n) is 3.62. The monoisotopic (exact) mass is 250 g/mol. The van der Waals surface area contributed by atoms with Crippen molar-refractivity contribution < 1.29 is 27.0 Å². The largest absolute Gasteiger partial charge is 0.346 e. The van der Waals surface area contributed by atoms with Crippen molar-refractivity contribution in [3.05, 3.63) is 34.9 Å². The van der Waals surface area contributed by atoms with Crippen molar-refractivity contribution in [2.75, 3.05) is 13.2 Å². The number of ether oxygens (including phenoxy) is 2. The Bertz CT molecular complexity index is 403. The fourth-order valence-electron chi connectivity index (χ4n) is 1.74. The Hall–Kier alpha value is -1.14. The summed E-state index contributed by atoms with van der Waals surface area (Å²) in [5.74, 6) is -1.84. The third-order valence-corrected chi connectivity index (χ3v) is 2.43. The molecule has 0 spiro atoms. The van der Waals surface area contributed by atoms with E-state index in [1.54, 1.807) is 0 Å². The van der Waals surface area contributed by atoms with Crippen LogP contribution in [0, 0.1) is 11.6 Å². The van der Waals surface area contributed by atoms with Gasteiger partial charge in [0.1, 0.15) is 11.6 Å². The molecule has 0 bridgehead atoms. The SMILES string of the molecule is Fc1cc(F)c(CC(F)F)c(C2OCCO2)c1. The van der Waals surface area contributed by atoms with Gasteiger partial charge in [-0.25, -0.2) is 17.6 Å². The summed E-state index contributed by atoms with van der Waals surface area (Å²) in [5, 5.41) is 0. The zero-order valence-electron chi connectivity index (χ0n) is 8.76. The maximum Gasteiger partial charge on any atom is 0.242 e. The summed E-state index contributed by atoms with van der Waals surface area (Å²) in [5.41, 5.74) is -0.256. The smallest absolute Gasteiger partial charge is 0.242 e. The molecule has 1 aromatic rings. The third kappa shape index (κ3) is 2.76. The fraction of sp³-hybridized carbons (Fsp3) is 0.455. The summed E-state index contributed by atoms with van der Waals surface area (Å²) in [4.78, 5) is 0. The Morgan fingerprint density at radius 1 is 1.18 bits per heavy atom. The number of hydrogen-bond donors (Lipinski definition) is 0. The number of alkyl halides is 2. The molecule has 0 unspecified atom stereocenters. The van der Waals surface area contributed by atoms with E-state index in [4.69, 9.17) is 9.47 Å². The van der Waals surface area contributed by atoms with Gasteiger partial charge < -0.3 is 9.47 Å². The molecule has 1 aliphatic rings. The molecule has 1 saturated heterocycles. The minimum absolute atomic E-state index is 0.000278. The van der Waals surface area contributed by atoms with Crippen molar-refractivity contribution >= 4 is 0 Å². The van der Waals surface area contributed by atoms with Crippen LogP contribution in [-0.4, -0.2) is 19.6 Å². The van der Waals surface area contributed by atoms with Gasteiger partial charge in [-0.2, -0.15) is 0 Å². The van der Waals surface area contributed by atoms with Crippen LogP contribution < -0.4 is 0 Å². The van der Waals surface area contributed by atoms with Gasteiger partial charge in [-0.05, 0) is 6.07 Å². The first-order valence-corrected chi connectivity index (χ1v) is 5.07. The number of halogens is 4. The van der Waals surface area contributed by atoms with Crippen LogP contribution in [0.25, 0.3) is 0 Å². The molecule has 1 aromatic carbocycles. The highest BCUT2D eigenvalue weighted by molar-refractivity contribution is 5.31. The molecule has 2 rings (SSSR count). The molecule has 0 aliphatic carbocycles. The van der Waals surface area contributed by atoms with Gasteiger partial charge in [-0.15, -0.1) is 0 Å². The summed E-state index contributed by atoms with van der Waals surface area (Å²) in [6, 6.07) is 1.55. The van der Waals surface area contributed by atoms with Crippen LogP contribution in [0.1, 0.15) is 17.4 Å². The van der Waals surface area contributed by atoms with Crippen LogP contribution in [0.15, 0.2) is 12.1 Å². The van der Waals surface area contributed by atoms with Gasteiger partial charge in [-0.1, -0.05) is 0 Å². The second-order valence-corrected chi connectivity index (χ2v) is 3.62. The Kier molecular flexibility index (Phi) is 3.63. The summed E-state index contributed by atoms with van der Waals surface area (Å²) in [6.45, 7) is 0.549. The molecule has 0 atom stereocenters. The van der Waals surface area contributed by atoms with E-state index in [1.165, 1.54) is 0 Å². The van der Waals surface area contributed by atoms with Gasteiger partial charge in [0.2, 0.25) is 6.43 Å². The van der Waals surface area contributed by atoms with E-state index in [-0.39, 0.29) is 24.3 Å². The molecule has 1 heterocycles. The van der Waals surface area contributed by atoms with E-state index in [1.807, 2.05) is 0 Å². The zero-order valence-corrected chi connectivity index (χ0v) is 8.76. The Morgan fingerprint density at radius 3 is 2.41 bits per heavy atom. The molecule has 0 radical (unpaired) electrons. The Labute approximate surface area is 95.1 Å². The summed E-state index contributed by atoms with van der Waals surface area (Å²) >= 11 is 0. The van der Waals surface area contributed by atoms with Crippen LogP contribution in [0.4, 0.5) is 17.6 Å². The van der Waals surface area contributed by atoms with E-state index in [0.717, 1.165) is 6.07 Å². The van der Waals surface area contributed by atoms with Gasteiger partial charge in [0, 0.05) is 23.6 Å². The summed E-state index contributed by atoms with van der Waals surface area (Å²) in [6.07, 6.45) is -4.46. The number of hydrogen-bond acceptors (Lipinski definition) is 2. The van der Waals surface area contributed by atoms with Gasteiger partial charge in [0.15, 0.2) is 6.29 Å². The highest BCUT2D eigenvalue weighted by atomic mass is 19.3. The molecule has 1 fully saturated rings. The van der Waals surface area contributed by atoms with Gasteiger partial charge in [0.25, 0.3) is 0 Å². The standard InChI is InChI=1S/C11H10F4O2/c12-6-3-8(11-16-1-2-17-11)7(5-10(14)15)9(13)4-6/h3-4,10-11H,1-2,5H2. The van der Waals surface area contributed by atoms with E-state index in [9.17, 15) is 17.6 Å². The topological polar surface area (TPSA) is 18.5 Å². The predicted octanol–water partition coefficient (Wildman–Crippen LogP) is 2.82. The van der Waals surface area contributed by atoms with Crippen molar-refractivity contribution in [1.82, 2.24) is 0 Å². The Balaban J connectivity index is 2.39. The number of rotatable bonds is 3. The minimum Gasteiger partial charge on any atom is -0.346 e. The molecular formula is C11H10F4O2. The lowest BCUT2D eigenvalue weighted by molar-refractivity contribution is -0.0454. The quantitative estimate of drug-likeness (QED) is 0.768. The predicted molar refractivity (Wildman–Crippen MR) is 50.7 cm³/mol. The molecule has 17 heavy (non-hydrogen) atoms. The average molecular weight is 250 g/mol. The normalized spacial score (nSPS) is 17.0. The maximum absolute atomic E-state index is 13.4. The molecule has 6 heteroatoms. The van der Waals surface area contributed by atoms with Crippen molar-refractivity contribution in [3.63, 3.8) is 0 Å². The highest BCUT2D eigenvalue weighted by Crippen LogP contribution is 2.30. The van der Waals surface area contributed by atoms with Crippen molar-refractivity contribution in [3.8, 4) is 0 Å². The molecular weight excluding hydrogens is 240 g/mol. The third-order valence-electron chi connectivity index (χ3n) is 2.43. The van der Waals surface area contributed by atoms with Crippen molar-refractivity contribution in [2.24, 2.45) is 0 Å². The van der Waals surface area contributed by atoms with E-state index in [0.29, 0.717) is 6.07 Å². The first-order valence-electron chi connectivity index (χ1n) is 5.07. The molecule has 2 nitrogen and oxygen atoms in total. The summed E-state index contributed by atoms with van der Waals surface area (Å²) < 4.78 is 61.3. The molecule has 1 aliphatic heterocycles. The number of benzene rings is 1. The average Bonchev–Trinajstić information content (AvgIpc) is 2.74. The van der Waals surface area contributed by atoms with Crippen molar-refractivity contribution in [2.45, 2.75) is 19.1 Å². The lowest BCUT2D eigenvalue weighted by Crippen LogP contribution is -2.10. The molecule has 0 saturated carbocycles. The molecule has 0 aromatic heterocycles. The van der Waals surface area contributed by atoms with Crippen LogP contribution in [0.2, 0.25) is 0 Å². The van der Waals surface area contributed by atoms with Crippen LogP contribution in [0.5, 0.6) is 0 Å². The first kappa shape index (κ1) is 12.3. The zero-order chi connectivity index (χ0) is 12.4. The van der Waals surface area contributed by atoms with E-state index < -0.39 is 30.8 Å². The molecule has 0 amide bonds. The summed E-state index contributed by atoms with van der Waals surface area (Å²) in [7, 11) is 0. The lowest BCUT2D eigenvalue weighted by atomic mass is 10.0. The van der Waals surface area contributed by atoms with Crippen LogP contribution in [0.3, 0.4) is 0 Å².